The number of thiophene rings is 1. The number of carbonyl (C=O) groups is 1. The number of hydrogen-bond donors (Lipinski definition) is 2. The molecule has 0 aliphatic carbocycles. The second kappa shape index (κ2) is 7.12. The summed E-state index contributed by atoms with van der Waals surface area (Å²) in [5.74, 6) is -0.727. The first-order valence-electron chi connectivity index (χ1n) is 7.89. The van der Waals surface area contributed by atoms with E-state index in [1.54, 1.807) is 18.2 Å². The minimum absolute atomic E-state index is 0.173. The molecule has 1 aromatic heterocycles. The number of benzene rings is 1. The van der Waals surface area contributed by atoms with Gasteiger partial charge in [-0.3, -0.25) is 4.79 Å². The van der Waals surface area contributed by atoms with Crippen molar-refractivity contribution in [2.45, 2.75) is 32.2 Å². The number of rotatable bonds is 4. The van der Waals surface area contributed by atoms with E-state index in [1.807, 2.05) is 6.92 Å². The van der Waals surface area contributed by atoms with Gasteiger partial charge in [-0.05, 0) is 36.1 Å². The summed E-state index contributed by atoms with van der Waals surface area (Å²) >= 11 is 1.45. The summed E-state index contributed by atoms with van der Waals surface area (Å²) in [6, 6.07) is 8.71. The van der Waals surface area contributed by atoms with Crippen molar-refractivity contribution in [3.8, 4) is 6.07 Å². The average molecular weight is 343 g/mol. The molecule has 0 saturated heterocycles. The van der Waals surface area contributed by atoms with E-state index in [2.05, 4.69) is 16.7 Å². The molecule has 2 aromatic rings. The largest absolute Gasteiger partial charge is 0.317 e. The lowest BCUT2D eigenvalue weighted by Gasteiger charge is -2.12. The SMILES string of the molecule is C[C@@H](CC(=O)Nc1sc2c(c1C#N)CCNC2)c1ccccc1F. The maximum absolute atomic E-state index is 13.8. The van der Waals surface area contributed by atoms with E-state index >= 15 is 0 Å². The third-order valence-corrected chi connectivity index (χ3v) is 5.37. The fourth-order valence-corrected chi connectivity index (χ4v) is 4.17. The zero-order chi connectivity index (χ0) is 17.1. The molecular formula is C18H18FN3OS. The van der Waals surface area contributed by atoms with Crippen LogP contribution in [0, 0.1) is 17.1 Å². The zero-order valence-electron chi connectivity index (χ0n) is 13.4. The number of anilines is 1. The quantitative estimate of drug-likeness (QED) is 0.892. The van der Waals surface area contributed by atoms with Crippen molar-refractivity contribution in [3.05, 3.63) is 51.7 Å². The van der Waals surface area contributed by atoms with Crippen molar-refractivity contribution >= 4 is 22.2 Å². The van der Waals surface area contributed by atoms with Gasteiger partial charge < -0.3 is 10.6 Å². The van der Waals surface area contributed by atoms with E-state index in [9.17, 15) is 14.4 Å². The molecule has 1 aliphatic heterocycles. The molecule has 0 spiro atoms. The predicted molar refractivity (Wildman–Crippen MR) is 92.5 cm³/mol. The molecule has 6 heteroatoms. The van der Waals surface area contributed by atoms with Gasteiger partial charge in [0.25, 0.3) is 0 Å². The van der Waals surface area contributed by atoms with Crippen molar-refractivity contribution < 1.29 is 9.18 Å². The van der Waals surface area contributed by atoms with Gasteiger partial charge in [0.1, 0.15) is 16.9 Å². The number of hydrogen-bond acceptors (Lipinski definition) is 4. The summed E-state index contributed by atoms with van der Waals surface area (Å²) in [6.07, 6.45) is 0.975. The summed E-state index contributed by atoms with van der Waals surface area (Å²) in [4.78, 5) is 13.4. The standard InChI is InChI=1S/C18H18FN3OS/c1-11(12-4-2-3-5-15(12)19)8-17(23)22-18-14(9-20)13-6-7-21-10-16(13)24-18/h2-5,11,21H,6-8,10H2,1H3,(H,22,23)/t11-/m0/s1. The highest BCUT2D eigenvalue weighted by atomic mass is 32.1. The molecule has 0 fully saturated rings. The first-order chi connectivity index (χ1) is 11.6. The fraction of sp³-hybridized carbons (Fsp3) is 0.333. The van der Waals surface area contributed by atoms with Crippen molar-refractivity contribution in [2.75, 3.05) is 11.9 Å². The van der Waals surface area contributed by atoms with Gasteiger partial charge in [-0.1, -0.05) is 25.1 Å². The summed E-state index contributed by atoms with van der Waals surface area (Å²) in [7, 11) is 0. The first kappa shape index (κ1) is 16.6. The van der Waals surface area contributed by atoms with Gasteiger partial charge in [-0.2, -0.15) is 5.26 Å². The molecule has 0 bridgehead atoms. The van der Waals surface area contributed by atoms with Gasteiger partial charge in [0.15, 0.2) is 0 Å². The Morgan fingerprint density at radius 1 is 1.50 bits per heavy atom. The van der Waals surface area contributed by atoms with Crippen molar-refractivity contribution in [3.63, 3.8) is 0 Å². The summed E-state index contributed by atoms with van der Waals surface area (Å²) in [5, 5.41) is 16.1. The Labute approximate surface area is 144 Å². The van der Waals surface area contributed by atoms with Crippen LogP contribution in [0.2, 0.25) is 0 Å². The van der Waals surface area contributed by atoms with Crippen LogP contribution in [0.5, 0.6) is 0 Å². The highest BCUT2D eigenvalue weighted by Crippen LogP contribution is 2.35. The third kappa shape index (κ3) is 3.32. The molecule has 1 amide bonds. The second-order valence-electron chi connectivity index (χ2n) is 5.92. The van der Waals surface area contributed by atoms with E-state index in [0.29, 0.717) is 16.1 Å². The zero-order valence-corrected chi connectivity index (χ0v) is 14.2. The Morgan fingerprint density at radius 2 is 2.29 bits per heavy atom. The van der Waals surface area contributed by atoms with E-state index < -0.39 is 0 Å². The van der Waals surface area contributed by atoms with Crippen LogP contribution < -0.4 is 10.6 Å². The molecule has 2 heterocycles. The molecule has 1 atom stereocenters. The first-order valence-corrected chi connectivity index (χ1v) is 8.71. The topological polar surface area (TPSA) is 64.9 Å². The lowest BCUT2D eigenvalue weighted by atomic mass is 9.97. The third-order valence-electron chi connectivity index (χ3n) is 4.22. The minimum atomic E-state index is -0.298. The Balaban J connectivity index is 1.73. The Bertz CT molecular complexity index is 809. The van der Waals surface area contributed by atoms with Gasteiger partial charge in [-0.15, -0.1) is 11.3 Å². The van der Waals surface area contributed by atoms with Crippen molar-refractivity contribution in [2.24, 2.45) is 0 Å². The Kier molecular flexibility index (Phi) is 4.93. The smallest absolute Gasteiger partial charge is 0.225 e. The number of fused-ring (bicyclic) bond motifs is 1. The van der Waals surface area contributed by atoms with Gasteiger partial charge in [-0.25, -0.2) is 4.39 Å². The highest BCUT2D eigenvalue weighted by molar-refractivity contribution is 7.16. The van der Waals surface area contributed by atoms with Crippen LogP contribution in [0.15, 0.2) is 24.3 Å². The maximum atomic E-state index is 13.8. The lowest BCUT2D eigenvalue weighted by Crippen LogP contribution is -2.22. The highest BCUT2D eigenvalue weighted by Gasteiger charge is 2.22. The van der Waals surface area contributed by atoms with Crippen molar-refractivity contribution in [1.29, 1.82) is 5.26 Å². The number of amides is 1. The number of nitriles is 1. The van der Waals surface area contributed by atoms with Gasteiger partial charge in [0.05, 0.1) is 5.56 Å². The molecule has 4 nitrogen and oxygen atoms in total. The predicted octanol–water partition coefficient (Wildman–Crippen LogP) is 3.54. The van der Waals surface area contributed by atoms with Crippen LogP contribution in [0.3, 0.4) is 0 Å². The molecule has 3 rings (SSSR count). The lowest BCUT2D eigenvalue weighted by molar-refractivity contribution is -0.116. The van der Waals surface area contributed by atoms with Crippen LogP contribution in [-0.4, -0.2) is 12.5 Å². The van der Waals surface area contributed by atoms with E-state index in [-0.39, 0.29) is 24.1 Å². The Morgan fingerprint density at radius 3 is 3.04 bits per heavy atom. The normalized spacial score (nSPS) is 14.5. The van der Waals surface area contributed by atoms with Crippen LogP contribution in [-0.2, 0) is 17.8 Å². The van der Waals surface area contributed by atoms with Crippen LogP contribution in [0.25, 0.3) is 0 Å². The molecular weight excluding hydrogens is 325 g/mol. The van der Waals surface area contributed by atoms with Crippen LogP contribution in [0.1, 0.15) is 40.8 Å². The fourth-order valence-electron chi connectivity index (χ4n) is 2.98. The number of halogens is 1. The molecule has 1 aliphatic rings. The average Bonchev–Trinajstić information content (AvgIpc) is 2.91. The van der Waals surface area contributed by atoms with Crippen LogP contribution >= 0.6 is 11.3 Å². The molecule has 0 saturated carbocycles. The molecule has 1 aromatic carbocycles. The maximum Gasteiger partial charge on any atom is 0.225 e. The molecule has 24 heavy (non-hydrogen) atoms. The summed E-state index contributed by atoms with van der Waals surface area (Å²) in [6.45, 7) is 3.40. The number of nitrogens with zero attached hydrogens (tertiary/aromatic N) is 1. The van der Waals surface area contributed by atoms with Gasteiger partial charge >= 0.3 is 0 Å². The molecule has 2 N–H and O–H groups in total. The Hall–Kier alpha value is -2.23. The van der Waals surface area contributed by atoms with E-state index in [1.165, 1.54) is 17.4 Å². The van der Waals surface area contributed by atoms with E-state index in [4.69, 9.17) is 0 Å². The molecule has 0 radical (unpaired) electrons. The number of nitrogens with one attached hydrogen (secondary N) is 2. The number of carbonyl (C=O) groups excluding carboxylic acids is 1. The van der Waals surface area contributed by atoms with Gasteiger partial charge in [0.2, 0.25) is 5.91 Å². The van der Waals surface area contributed by atoms with Gasteiger partial charge in [0, 0.05) is 17.8 Å². The van der Waals surface area contributed by atoms with Crippen LogP contribution in [0.4, 0.5) is 9.39 Å². The second-order valence-corrected chi connectivity index (χ2v) is 7.03. The summed E-state index contributed by atoms with van der Waals surface area (Å²) in [5.41, 5.74) is 2.14. The summed E-state index contributed by atoms with van der Waals surface area (Å²) < 4.78 is 13.8. The minimum Gasteiger partial charge on any atom is -0.317 e. The monoisotopic (exact) mass is 343 g/mol. The van der Waals surface area contributed by atoms with E-state index in [0.717, 1.165) is 30.0 Å². The molecule has 124 valence electrons. The molecule has 0 unspecified atom stereocenters. The van der Waals surface area contributed by atoms with Crippen molar-refractivity contribution in [1.82, 2.24) is 5.32 Å².